The fourth-order valence-electron chi connectivity index (χ4n) is 3.67. The smallest absolute Gasteiger partial charge is 0.251 e. The highest BCUT2D eigenvalue weighted by atomic mass is 16.3. The third-order valence-electron chi connectivity index (χ3n) is 5.53. The normalized spacial score (nSPS) is 11.3. The summed E-state index contributed by atoms with van der Waals surface area (Å²) in [4.78, 5) is 26.0. The van der Waals surface area contributed by atoms with Crippen molar-refractivity contribution in [3.05, 3.63) is 93.7 Å². The molecule has 170 valence electrons. The summed E-state index contributed by atoms with van der Waals surface area (Å²) in [5.74, 6) is 0.0751. The van der Waals surface area contributed by atoms with Gasteiger partial charge in [-0.05, 0) is 56.7 Å². The van der Waals surface area contributed by atoms with Gasteiger partial charge in [0.05, 0.1) is 41.0 Å². The van der Waals surface area contributed by atoms with Gasteiger partial charge in [-0.1, -0.05) is 18.2 Å². The number of hydrogen-bond donors (Lipinski definition) is 2. The molecule has 0 spiro atoms. The number of hydrogen-bond acceptors (Lipinski definition) is 7. The summed E-state index contributed by atoms with van der Waals surface area (Å²) in [6, 6.07) is 18.0. The lowest BCUT2D eigenvalue weighted by Crippen LogP contribution is -2.22. The number of aromatic nitrogens is 4. The maximum absolute atomic E-state index is 12.9. The van der Waals surface area contributed by atoms with E-state index in [0.717, 1.165) is 11.1 Å². The minimum Gasteiger partial charge on any atom is -0.384 e. The number of anilines is 1. The highest BCUT2D eigenvalue weighted by Crippen LogP contribution is 2.27. The fraction of sp³-hybridized carbons (Fsp3) is 0.192. The second kappa shape index (κ2) is 8.89. The van der Waals surface area contributed by atoms with E-state index in [4.69, 9.17) is 5.73 Å². The van der Waals surface area contributed by atoms with Crippen molar-refractivity contribution >= 4 is 5.95 Å². The average molecular weight is 453 g/mol. The Kier molecular flexibility index (Phi) is 5.97. The number of rotatable bonds is 5. The Balaban J connectivity index is 1.68. The number of nitrogens with two attached hydrogens (primary N) is 1. The molecule has 8 heteroatoms. The third kappa shape index (κ3) is 4.70. The van der Waals surface area contributed by atoms with Gasteiger partial charge in [-0.3, -0.25) is 9.78 Å². The fourth-order valence-corrected chi connectivity index (χ4v) is 3.67. The van der Waals surface area contributed by atoms with E-state index < -0.39 is 5.60 Å². The quantitative estimate of drug-likeness (QED) is 0.474. The van der Waals surface area contributed by atoms with Gasteiger partial charge < -0.3 is 15.4 Å². The van der Waals surface area contributed by atoms with E-state index in [1.54, 1.807) is 50.4 Å². The summed E-state index contributed by atoms with van der Waals surface area (Å²) in [6.07, 6.45) is 1.68. The Labute approximate surface area is 197 Å². The van der Waals surface area contributed by atoms with Crippen molar-refractivity contribution in [2.75, 3.05) is 5.73 Å². The molecule has 8 nitrogen and oxygen atoms in total. The number of nitrogens with zero attached hydrogens (tertiary/aromatic N) is 5. The first-order chi connectivity index (χ1) is 16.2. The highest BCUT2D eigenvalue weighted by Gasteiger charge is 2.18. The first kappa shape index (κ1) is 22.8. The molecular weight excluding hydrogens is 428 g/mol. The molecule has 0 radical (unpaired) electrons. The van der Waals surface area contributed by atoms with Crippen LogP contribution in [-0.4, -0.2) is 24.6 Å². The Hall–Kier alpha value is -4.35. The molecule has 0 aliphatic heterocycles. The van der Waals surface area contributed by atoms with Crippen LogP contribution in [-0.2, 0) is 12.1 Å². The molecule has 0 amide bonds. The molecule has 3 N–H and O–H groups in total. The van der Waals surface area contributed by atoms with Crippen molar-refractivity contribution in [3.8, 4) is 28.6 Å². The van der Waals surface area contributed by atoms with Crippen LogP contribution < -0.4 is 11.3 Å². The molecule has 1 aromatic carbocycles. The van der Waals surface area contributed by atoms with Crippen LogP contribution >= 0.6 is 0 Å². The summed E-state index contributed by atoms with van der Waals surface area (Å²) in [5.41, 5.74) is 9.70. The van der Waals surface area contributed by atoms with Crippen LogP contribution in [0.2, 0.25) is 0 Å². The van der Waals surface area contributed by atoms with Crippen molar-refractivity contribution in [2.45, 2.75) is 32.9 Å². The largest absolute Gasteiger partial charge is 0.384 e. The zero-order chi connectivity index (χ0) is 24.5. The first-order valence-corrected chi connectivity index (χ1v) is 10.7. The number of nitrogen functional groups attached to an aromatic ring is 1. The zero-order valence-corrected chi connectivity index (χ0v) is 19.1. The Bertz CT molecular complexity index is 1480. The van der Waals surface area contributed by atoms with Crippen molar-refractivity contribution in [3.63, 3.8) is 0 Å². The Morgan fingerprint density at radius 1 is 1.06 bits per heavy atom. The van der Waals surface area contributed by atoms with E-state index in [0.29, 0.717) is 33.9 Å². The van der Waals surface area contributed by atoms with E-state index in [-0.39, 0.29) is 18.1 Å². The van der Waals surface area contributed by atoms with Crippen LogP contribution in [0.1, 0.15) is 36.4 Å². The standard InChI is InChI=1S/C26H24N6O2/c1-16-18(14-27)6-4-8-20(16)22-13-21(30-25(28)31-22)17-10-11-32(24(33)12-17)15-19-7-5-9-23(29-19)26(2,3)34/h4-13,34H,15H2,1-3H3,(H2,28,30,31). The van der Waals surface area contributed by atoms with E-state index in [9.17, 15) is 15.2 Å². The summed E-state index contributed by atoms with van der Waals surface area (Å²) in [7, 11) is 0. The molecule has 0 saturated carbocycles. The number of nitriles is 1. The van der Waals surface area contributed by atoms with Crippen LogP contribution in [0.15, 0.2) is 65.6 Å². The second-order valence-electron chi connectivity index (χ2n) is 8.54. The lowest BCUT2D eigenvalue weighted by atomic mass is 9.99. The van der Waals surface area contributed by atoms with E-state index in [2.05, 4.69) is 21.0 Å². The van der Waals surface area contributed by atoms with Crippen LogP contribution in [0.5, 0.6) is 0 Å². The Morgan fingerprint density at radius 2 is 1.79 bits per heavy atom. The lowest BCUT2D eigenvalue weighted by molar-refractivity contribution is 0.0736. The molecule has 34 heavy (non-hydrogen) atoms. The number of pyridine rings is 2. The van der Waals surface area contributed by atoms with Crippen molar-refractivity contribution in [2.24, 2.45) is 0 Å². The molecule has 0 unspecified atom stereocenters. The van der Waals surface area contributed by atoms with Gasteiger partial charge in [0.1, 0.15) is 5.60 Å². The molecule has 0 atom stereocenters. The molecule has 0 fully saturated rings. The van der Waals surface area contributed by atoms with Gasteiger partial charge in [0.25, 0.3) is 5.56 Å². The molecule has 0 aliphatic rings. The van der Waals surface area contributed by atoms with E-state index in [1.165, 1.54) is 10.6 Å². The van der Waals surface area contributed by atoms with Crippen molar-refractivity contribution in [1.82, 2.24) is 19.5 Å². The number of benzene rings is 1. The lowest BCUT2D eigenvalue weighted by Gasteiger charge is -2.17. The van der Waals surface area contributed by atoms with Gasteiger partial charge in [0.15, 0.2) is 0 Å². The van der Waals surface area contributed by atoms with Crippen LogP contribution in [0.25, 0.3) is 22.5 Å². The molecule has 4 aromatic rings. The van der Waals surface area contributed by atoms with Crippen LogP contribution in [0, 0.1) is 18.3 Å². The topological polar surface area (TPSA) is 131 Å². The van der Waals surface area contributed by atoms with E-state index >= 15 is 0 Å². The summed E-state index contributed by atoms with van der Waals surface area (Å²) >= 11 is 0. The Morgan fingerprint density at radius 3 is 2.50 bits per heavy atom. The van der Waals surface area contributed by atoms with Gasteiger partial charge >= 0.3 is 0 Å². The minimum atomic E-state index is -1.07. The molecule has 0 bridgehead atoms. The maximum Gasteiger partial charge on any atom is 0.251 e. The predicted octanol–water partition coefficient (Wildman–Crippen LogP) is 3.41. The molecule has 0 aliphatic carbocycles. The van der Waals surface area contributed by atoms with Gasteiger partial charge in [-0.15, -0.1) is 0 Å². The summed E-state index contributed by atoms with van der Waals surface area (Å²) < 4.78 is 1.53. The van der Waals surface area contributed by atoms with Gasteiger partial charge in [0.2, 0.25) is 5.95 Å². The average Bonchev–Trinajstić information content (AvgIpc) is 2.80. The monoisotopic (exact) mass is 452 g/mol. The van der Waals surface area contributed by atoms with Gasteiger partial charge in [0, 0.05) is 23.4 Å². The van der Waals surface area contributed by atoms with E-state index in [1.807, 2.05) is 25.1 Å². The van der Waals surface area contributed by atoms with Gasteiger partial charge in [-0.25, -0.2) is 9.97 Å². The molecule has 4 rings (SSSR count). The second-order valence-corrected chi connectivity index (χ2v) is 8.54. The van der Waals surface area contributed by atoms with Crippen molar-refractivity contribution < 1.29 is 5.11 Å². The molecule has 3 heterocycles. The first-order valence-electron chi connectivity index (χ1n) is 10.7. The minimum absolute atomic E-state index is 0.0751. The third-order valence-corrected chi connectivity index (χ3v) is 5.53. The maximum atomic E-state index is 12.9. The molecule has 3 aromatic heterocycles. The van der Waals surface area contributed by atoms with Crippen molar-refractivity contribution in [1.29, 1.82) is 5.26 Å². The summed E-state index contributed by atoms with van der Waals surface area (Å²) in [5, 5.41) is 19.5. The highest BCUT2D eigenvalue weighted by molar-refractivity contribution is 5.72. The number of aliphatic hydroxyl groups is 1. The van der Waals surface area contributed by atoms with Crippen LogP contribution in [0.4, 0.5) is 5.95 Å². The molecule has 0 saturated heterocycles. The predicted molar refractivity (Wildman–Crippen MR) is 130 cm³/mol. The summed E-state index contributed by atoms with van der Waals surface area (Å²) in [6.45, 7) is 5.45. The van der Waals surface area contributed by atoms with Crippen LogP contribution in [0.3, 0.4) is 0 Å². The SMILES string of the molecule is Cc1c(C#N)cccc1-c1cc(-c2ccn(Cc3cccc(C(C)(C)O)n3)c(=O)c2)nc(N)n1. The zero-order valence-electron chi connectivity index (χ0n) is 19.1. The molecular formula is C26H24N6O2. The van der Waals surface area contributed by atoms with Gasteiger partial charge in [-0.2, -0.15) is 5.26 Å².